The van der Waals surface area contributed by atoms with Crippen molar-refractivity contribution in [3.05, 3.63) is 72.9 Å². The summed E-state index contributed by atoms with van der Waals surface area (Å²) in [5.41, 5.74) is 0. The molecule has 0 radical (unpaired) electrons. The lowest BCUT2D eigenvalue weighted by Gasteiger charge is -2.23. The topological polar surface area (TPSA) is 95.9 Å². The molecular weight excluding hydrogens is 659 g/mol. The fourth-order valence-corrected chi connectivity index (χ4v) is 5.96. The van der Waals surface area contributed by atoms with Gasteiger partial charge >= 0.3 is 5.97 Å². The predicted octanol–water partition coefficient (Wildman–Crippen LogP) is 12.3. The van der Waals surface area contributed by atoms with Gasteiger partial charge in [0.1, 0.15) is 6.10 Å². The summed E-state index contributed by atoms with van der Waals surface area (Å²) in [5, 5.41) is 23.5. The van der Waals surface area contributed by atoms with Gasteiger partial charge in [-0.2, -0.15) is 0 Å². The molecule has 3 N–H and O–H groups in total. The Morgan fingerprint density at radius 2 is 1.08 bits per heavy atom. The van der Waals surface area contributed by atoms with Crippen molar-refractivity contribution in [1.29, 1.82) is 0 Å². The minimum Gasteiger partial charge on any atom is -0.458 e. The van der Waals surface area contributed by atoms with Gasteiger partial charge < -0.3 is 20.3 Å². The van der Waals surface area contributed by atoms with E-state index in [1.54, 1.807) is 6.08 Å². The van der Waals surface area contributed by atoms with E-state index in [0.29, 0.717) is 19.3 Å². The highest BCUT2D eigenvalue weighted by molar-refractivity contribution is 5.78. The number of aliphatic hydroxyl groups excluding tert-OH is 2. The number of amides is 1. The number of carbonyl (C=O) groups excluding carboxylic acids is 2. The Balaban J connectivity index is 4.84. The second-order valence-electron chi connectivity index (χ2n) is 14.4. The van der Waals surface area contributed by atoms with Gasteiger partial charge in [0.05, 0.1) is 25.2 Å². The molecule has 53 heavy (non-hydrogen) atoms. The number of carbonyl (C=O) groups is 2. The van der Waals surface area contributed by atoms with Crippen LogP contribution in [-0.4, -0.2) is 46.9 Å². The van der Waals surface area contributed by atoms with Crippen molar-refractivity contribution in [3.8, 4) is 0 Å². The summed E-state index contributed by atoms with van der Waals surface area (Å²) in [4.78, 5) is 25.8. The maximum Gasteiger partial charge on any atom is 0.306 e. The molecule has 0 saturated heterocycles. The maximum atomic E-state index is 13.0. The third kappa shape index (κ3) is 36.1. The summed E-state index contributed by atoms with van der Waals surface area (Å²) >= 11 is 0. The number of nitrogens with one attached hydrogen (secondary N) is 1. The van der Waals surface area contributed by atoms with Crippen molar-refractivity contribution in [2.24, 2.45) is 0 Å². The Bertz CT molecular complexity index is 1010. The SMILES string of the molecule is CC/C=C/C/C=C/C/C=C/C/C=C/C/C=C/C(CC(=O)NC(CO)C(O)CCCCCCCCCCC)OC(=O)CCCCCCC/C=C\CCCC. The monoisotopic (exact) mass is 740 g/mol. The number of ether oxygens (including phenoxy) is 1. The first kappa shape index (κ1) is 50.3. The molecule has 3 unspecified atom stereocenters. The van der Waals surface area contributed by atoms with E-state index in [1.807, 2.05) is 6.08 Å². The Labute approximate surface area is 326 Å². The average Bonchev–Trinajstić information content (AvgIpc) is 3.15. The smallest absolute Gasteiger partial charge is 0.306 e. The van der Waals surface area contributed by atoms with Crippen LogP contribution in [0.5, 0.6) is 0 Å². The molecule has 0 aliphatic rings. The van der Waals surface area contributed by atoms with E-state index in [-0.39, 0.29) is 24.9 Å². The van der Waals surface area contributed by atoms with Crippen molar-refractivity contribution in [1.82, 2.24) is 5.32 Å². The molecule has 6 heteroatoms. The summed E-state index contributed by atoms with van der Waals surface area (Å²) in [5.74, 6) is -0.649. The second-order valence-corrected chi connectivity index (χ2v) is 14.4. The van der Waals surface area contributed by atoms with Crippen molar-refractivity contribution in [3.63, 3.8) is 0 Å². The van der Waals surface area contributed by atoms with Crippen LogP contribution >= 0.6 is 0 Å². The molecule has 0 aliphatic carbocycles. The first-order chi connectivity index (χ1) is 26.0. The molecule has 0 fully saturated rings. The number of allylic oxidation sites excluding steroid dienone is 11. The van der Waals surface area contributed by atoms with E-state index >= 15 is 0 Å². The number of unbranched alkanes of at least 4 members (excludes halogenated alkanes) is 15. The third-order valence-corrected chi connectivity index (χ3v) is 9.26. The molecule has 0 heterocycles. The number of aliphatic hydroxyl groups is 2. The molecule has 6 nitrogen and oxygen atoms in total. The molecule has 0 aromatic carbocycles. The molecular formula is C47H81NO5. The van der Waals surface area contributed by atoms with Gasteiger partial charge in [0, 0.05) is 6.42 Å². The zero-order valence-corrected chi connectivity index (χ0v) is 34.4. The lowest BCUT2D eigenvalue weighted by atomic mass is 10.0. The van der Waals surface area contributed by atoms with Crippen LogP contribution < -0.4 is 5.32 Å². The molecule has 0 saturated carbocycles. The lowest BCUT2D eigenvalue weighted by molar-refractivity contribution is -0.148. The van der Waals surface area contributed by atoms with Crippen LogP contribution in [0.25, 0.3) is 0 Å². The molecule has 1 amide bonds. The van der Waals surface area contributed by atoms with Gasteiger partial charge in [-0.1, -0.05) is 177 Å². The zero-order valence-electron chi connectivity index (χ0n) is 34.4. The Morgan fingerprint density at radius 1 is 0.585 bits per heavy atom. The number of rotatable bonds is 37. The molecule has 0 aromatic heterocycles. The van der Waals surface area contributed by atoms with Gasteiger partial charge in [0.25, 0.3) is 0 Å². The first-order valence-electron chi connectivity index (χ1n) is 21.7. The minimum absolute atomic E-state index is 0.0521. The Morgan fingerprint density at radius 3 is 1.64 bits per heavy atom. The summed E-state index contributed by atoms with van der Waals surface area (Å²) < 4.78 is 5.77. The third-order valence-electron chi connectivity index (χ3n) is 9.26. The van der Waals surface area contributed by atoms with Crippen LogP contribution in [-0.2, 0) is 14.3 Å². The number of esters is 1. The van der Waals surface area contributed by atoms with Gasteiger partial charge in [-0.3, -0.25) is 9.59 Å². The lowest BCUT2D eigenvalue weighted by Crippen LogP contribution is -2.46. The van der Waals surface area contributed by atoms with E-state index in [4.69, 9.17) is 4.74 Å². The molecule has 304 valence electrons. The number of hydrogen-bond acceptors (Lipinski definition) is 5. The summed E-state index contributed by atoms with van der Waals surface area (Å²) in [6.45, 7) is 6.24. The van der Waals surface area contributed by atoms with Crippen LogP contribution in [0.1, 0.15) is 188 Å². The van der Waals surface area contributed by atoms with Crippen LogP contribution in [0.4, 0.5) is 0 Å². The van der Waals surface area contributed by atoms with Crippen LogP contribution in [0, 0.1) is 0 Å². The summed E-state index contributed by atoms with van der Waals surface area (Å²) in [6.07, 6.45) is 49.9. The quantitative estimate of drug-likeness (QED) is 0.0335. The fraction of sp³-hybridized carbons (Fsp3) is 0.702. The van der Waals surface area contributed by atoms with Crippen LogP contribution in [0.3, 0.4) is 0 Å². The van der Waals surface area contributed by atoms with Gasteiger partial charge in [-0.15, -0.1) is 0 Å². The highest BCUT2D eigenvalue weighted by Gasteiger charge is 2.23. The van der Waals surface area contributed by atoms with E-state index in [9.17, 15) is 19.8 Å². The normalized spacial score (nSPS) is 14.1. The molecule has 0 bridgehead atoms. The Hall–Kier alpha value is -2.70. The zero-order chi connectivity index (χ0) is 38.9. The van der Waals surface area contributed by atoms with Crippen molar-refractivity contribution in [2.75, 3.05) is 6.61 Å². The second kappa shape index (κ2) is 40.5. The fourth-order valence-electron chi connectivity index (χ4n) is 5.96. The molecule has 0 spiro atoms. The van der Waals surface area contributed by atoms with Crippen molar-refractivity contribution in [2.45, 2.75) is 206 Å². The van der Waals surface area contributed by atoms with Gasteiger partial charge in [-0.05, 0) is 70.3 Å². The van der Waals surface area contributed by atoms with Crippen molar-refractivity contribution < 1.29 is 24.5 Å². The molecule has 0 aliphatic heterocycles. The standard InChI is InChI=1S/C47H81NO5/c1-4-7-10-13-16-19-21-22-23-25-27-29-32-35-38-43(53-47(52)40-37-34-31-28-24-20-17-14-11-8-5-2)41-46(51)48-44(42-49)45(50)39-36-33-30-26-18-15-12-9-6-3/h7,10,14,16-17,19,22-23,27,29,35,38,43-45,49-50H,4-6,8-9,11-13,15,18,20-21,24-26,28,30-34,36-37,39-42H2,1-3H3,(H,48,51)/b10-7+,17-14-,19-16+,23-22+,29-27+,38-35+. The van der Waals surface area contributed by atoms with E-state index in [2.05, 4.69) is 86.8 Å². The Kier molecular flexibility index (Phi) is 38.4. The predicted molar refractivity (Wildman–Crippen MR) is 227 cm³/mol. The largest absolute Gasteiger partial charge is 0.458 e. The van der Waals surface area contributed by atoms with Gasteiger partial charge in [-0.25, -0.2) is 0 Å². The molecule has 0 rings (SSSR count). The summed E-state index contributed by atoms with van der Waals surface area (Å²) in [6, 6.07) is -0.743. The summed E-state index contributed by atoms with van der Waals surface area (Å²) in [7, 11) is 0. The average molecular weight is 740 g/mol. The minimum atomic E-state index is -0.819. The number of hydrogen-bond donors (Lipinski definition) is 3. The first-order valence-corrected chi connectivity index (χ1v) is 21.7. The van der Waals surface area contributed by atoms with Crippen molar-refractivity contribution >= 4 is 11.9 Å². The van der Waals surface area contributed by atoms with E-state index in [1.165, 1.54) is 64.2 Å². The molecule has 3 atom stereocenters. The van der Waals surface area contributed by atoms with E-state index in [0.717, 1.165) is 77.0 Å². The molecule has 0 aromatic rings. The van der Waals surface area contributed by atoms with E-state index < -0.39 is 18.2 Å². The van der Waals surface area contributed by atoms with Crippen LogP contribution in [0.2, 0.25) is 0 Å². The van der Waals surface area contributed by atoms with Gasteiger partial charge in [0.15, 0.2) is 0 Å². The van der Waals surface area contributed by atoms with Crippen LogP contribution in [0.15, 0.2) is 72.9 Å². The van der Waals surface area contributed by atoms with Gasteiger partial charge in [0.2, 0.25) is 5.91 Å². The highest BCUT2D eigenvalue weighted by Crippen LogP contribution is 2.14. The highest BCUT2D eigenvalue weighted by atomic mass is 16.5. The maximum absolute atomic E-state index is 13.0.